The number of fused-ring (bicyclic) bond motifs is 1. The number of azo groups is 2. The van der Waals surface area contributed by atoms with E-state index in [1.165, 1.54) is 30.3 Å². The Morgan fingerprint density at radius 2 is 1.62 bits per heavy atom. The van der Waals surface area contributed by atoms with Crippen molar-refractivity contribution in [3.63, 3.8) is 0 Å². The molecule has 4 aromatic carbocycles. The molecule has 4 N–H and O–H groups in total. The van der Waals surface area contributed by atoms with Crippen LogP contribution in [0.1, 0.15) is 0 Å². The van der Waals surface area contributed by atoms with E-state index in [4.69, 9.17) is 15.6 Å². The van der Waals surface area contributed by atoms with Crippen LogP contribution in [0, 0.1) is 0 Å². The van der Waals surface area contributed by atoms with Gasteiger partial charge in [-0.25, -0.2) is 8.42 Å². The van der Waals surface area contributed by atoms with Crippen LogP contribution in [-0.2, 0) is 10.1 Å². The number of phenols is 1. The summed E-state index contributed by atoms with van der Waals surface area (Å²) in [5.41, 5.74) is 6.73. The molecule has 0 aliphatic heterocycles. The maximum Gasteiger partial charge on any atom is 1.00 e. The predicted octanol–water partition coefficient (Wildman–Crippen LogP) is 2.24. The molecule has 0 bridgehead atoms. The zero-order valence-corrected chi connectivity index (χ0v) is 22.5. The fraction of sp³-hybridized carbons (Fsp3) is 0.0833. The van der Waals surface area contributed by atoms with Crippen LogP contribution >= 0.6 is 0 Å². The van der Waals surface area contributed by atoms with Crippen LogP contribution in [-0.4, -0.2) is 36.4 Å². The van der Waals surface area contributed by atoms with Gasteiger partial charge in [0.1, 0.15) is 33.8 Å². The smallest absolute Gasteiger partial charge is 0.744 e. The minimum atomic E-state index is -5.01. The quantitative estimate of drug-likeness (QED) is 0.135. The summed E-state index contributed by atoms with van der Waals surface area (Å²) in [6.45, 7) is -0.347. The van der Waals surface area contributed by atoms with Crippen molar-refractivity contribution in [1.29, 1.82) is 0 Å². The number of aliphatic hydroxyl groups is 1. The fourth-order valence-electron chi connectivity index (χ4n) is 3.28. The minimum absolute atomic E-state index is 0. The van der Waals surface area contributed by atoms with Crippen molar-refractivity contribution < 1.29 is 57.5 Å². The average Bonchev–Trinajstić information content (AvgIpc) is 2.86. The maximum atomic E-state index is 11.9. The molecule has 184 valence electrons. The van der Waals surface area contributed by atoms with Crippen molar-refractivity contribution in [2.75, 3.05) is 18.9 Å². The first kappa shape index (κ1) is 28.2. The number of phenolic OH excluding ortho intramolecular Hbond substituents is 1. The van der Waals surface area contributed by atoms with E-state index in [1.807, 2.05) is 18.2 Å². The summed E-state index contributed by atoms with van der Waals surface area (Å²) in [5.74, 6) is -0.405. The summed E-state index contributed by atoms with van der Waals surface area (Å²) in [6, 6.07) is 19.1. The van der Waals surface area contributed by atoms with Gasteiger partial charge in [-0.1, -0.05) is 24.3 Å². The number of anilines is 1. The van der Waals surface area contributed by atoms with Gasteiger partial charge in [-0.05, 0) is 47.9 Å². The number of rotatable bonds is 8. The number of hydrogen-bond donors (Lipinski definition) is 3. The molecule has 0 aliphatic carbocycles. The van der Waals surface area contributed by atoms with Crippen LogP contribution < -0.4 is 40.0 Å². The van der Waals surface area contributed by atoms with Crippen molar-refractivity contribution in [3.05, 3.63) is 72.8 Å². The van der Waals surface area contributed by atoms with E-state index in [0.717, 1.165) is 6.07 Å². The second kappa shape index (κ2) is 12.2. The molecular weight excluding hydrogens is 509 g/mol. The number of aliphatic hydroxyl groups excluding tert-OH is 1. The molecule has 11 nitrogen and oxygen atoms in total. The van der Waals surface area contributed by atoms with Crippen LogP contribution in [0.15, 0.2) is 98.1 Å². The molecule has 0 heterocycles. The largest absolute Gasteiger partial charge is 1.00 e. The minimum Gasteiger partial charge on any atom is -0.744 e. The third-order valence-corrected chi connectivity index (χ3v) is 5.78. The Hall–Kier alpha value is -3.39. The number of nitrogens with two attached hydrogens (primary N) is 1. The molecule has 4 rings (SSSR count). The van der Waals surface area contributed by atoms with E-state index >= 15 is 0 Å². The number of nitrogens with zero attached hydrogens (tertiary/aromatic N) is 4. The number of hydrogen-bond acceptors (Lipinski definition) is 11. The molecule has 0 saturated heterocycles. The van der Waals surface area contributed by atoms with Gasteiger partial charge in [0.15, 0.2) is 5.75 Å². The van der Waals surface area contributed by atoms with Crippen molar-refractivity contribution in [1.82, 2.24) is 0 Å². The van der Waals surface area contributed by atoms with E-state index in [1.54, 1.807) is 18.2 Å². The van der Waals surface area contributed by atoms with E-state index < -0.39 is 26.5 Å². The van der Waals surface area contributed by atoms with Gasteiger partial charge in [0, 0.05) is 17.1 Å². The van der Waals surface area contributed by atoms with E-state index in [-0.39, 0.29) is 65.0 Å². The van der Waals surface area contributed by atoms with Gasteiger partial charge < -0.3 is 25.2 Å². The van der Waals surface area contributed by atoms with Crippen LogP contribution in [0.4, 0.5) is 28.4 Å². The van der Waals surface area contributed by atoms with Crippen molar-refractivity contribution in [2.45, 2.75) is 4.90 Å². The van der Waals surface area contributed by atoms with Gasteiger partial charge in [-0.3, -0.25) is 0 Å². The number of nitrogen functional groups attached to an aromatic ring is 1. The maximum absolute atomic E-state index is 11.9. The molecule has 0 fully saturated rings. The first-order valence-electron chi connectivity index (χ1n) is 10.5. The molecule has 0 aromatic heterocycles. The Kier molecular flexibility index (Phi) is 9.32. The third kappa shape index (κ3) is 6.89. The Morgan fingerprint density at radius 3 is 2.32 bits per heavy atom. The van der Waals surface area contributed by atoms with Gasteiger partial charge in [-0.15, -0.1) is 10.2 Å². The molecule has 0 aliphatic rings. The molecule has 0 spiro atoms. The van der Waals surface area contributed by atoms with Crippen molar-refractivity contribution in [2.24, 2.45) is 20.5 Å². The molecule has 37 heavy (non-hydrogen) atoms. The standard InChI is InChI=1S/C24H21N5O6S.Na/c25-16-7-6-15-12-22(36(32,33)34)23(24(31)19(15)13-16)29-28-20-9-8-18(14-21(20)35-11-10-30)27-26-17-4-2-1-3-5-17;/h1-9,12-14,30-31H,10-11,25H2,(H,32,33,34);/q;+1/p-1. The molecule has 0 radical (unpaired) electrons. The summed E-state index contributed by atoms with van der Waals surface area (Å²) in [6.07, 6.45) is 0. The van der Waals surface area contributed by atoms with Crippen LogP contribution in [0.25, 0.3) is 10.8 Å². The van der Waals surface area contributed by atoms with Gasteiger partial charge >= 0.3 is 29.6 Å². The molecule has 0 amide bonds. The van der Waals surface area contributed by atoms with Gasteiger partial charge in [0.2, 0.25) is 0 Å². The second-order valence-electron chi connectivity index (χ2n) is 7.47. The molecule has 0 unspecified atom stereocenters. The van der Waals surface area contributed by atoms with Crippen LogP contribution in [0.2, 0.25) is 0 Å². The zero-order chi connectivity index (χ0) is 25.7. The number of ether oxygens (including phenoxy) is 1. The Morgan fingerprint density at radius 1 is 0.892 bits per heavy atom. The molecule has 13 heteroatoms. The molecule has 0 saturated carbocycles. The Bertz CT molecular complexity index is 1580. The SMILES string of the molecule is Nc1ccc2cc(S(=O)(=O)[O-])c(N=Nc3ccc(N=Nc4ccccc4)cc3OCCO)c(O)c2c1.[Na+]. The zero-order valence-electron chi connectivity index (χ0n) is 19.6. The van der Waals surface area contributed by atoms with Gasteiger partial charge in [-0.2, -0.15) is 10.2 Å². The Labute approximate surface area is 234 Å². The van der Waals surface area contributed by atoms with E-state index in [9.17, 15) is 18.1 Å². The number of benzene rings is 4. The second-order valence-corrected chi connectivity index (χ2v) is 8.81. The average molecular weight is 530 g/mol. The Balaban J connectivity index is 0.00000380. The van der Waals surface area contributed by atoms with Crippen molar-refractivity contribution in [3.8, 4) is 11.5 Å². The summed E-state index contributed by atoms with van der Waals surface area (Å²) >= 11 is 0. The first-order chi connectivity index (χ1) is 17.3. The van der Waals surface area contributed by atoms with Crippen molar-refractivity contribution >= 4 is 49.3 Å². The van der Waals surface area contributed by atoms with E-state index in [2.05, 4.69) is 20.5 Å². The predicted molar refractivity (Wildman–Crippen MR) is 132 cm³/mol. The number of aromatic hydroxyl groups is 1. The van der Waals surface area contributed by atoms with Gasteiger partial charge in [0.05, 0.1) is 22.9 Å². The van der Waals surface area contributed by atoms with Crippen LogP contribution in [0.3, 0.4) is 0 Å². The molecule has 0 atom stereocenters. The summed E-state index contributed by atoms with van der Waals surface area (Å²) in [7, 11) is -5.01. The summed E-state index contributed by atoms with van der Waals surface area (Å²) in [5, 5.41) is 36.5. The monoisotopic (exact) mass is 529 g/mol. The first-order valence-corrected chi connectivity index (χ1v) is 11.9. The summed E-state index contributed by atoms with van der Waals surface area (Å²) < 4.78 is 41.2. The normalized spacial score (nSPS) is 11.7. The third-order valence-electron chi connectivity index (χ3n) is 4.93. The fourth-order valence-corrected chi connectivity index (χ4v) is 3.92. The van der Waals surface area contributed by atoms with Gasteiger partial charge in [0.25, 0.3) is 0 Å². The van der Waals surface area contributed by atoms with E-state index in [0.29, 0.717) is 17.1 Å². The molecular formula is C24H20N5NaO6S. The molecule has 4 aromatic rings. The summed E-state index contributed by atoms with van der Waals surface area (Å²) in [4.78, 5) is -0.743. The topological polar surface area (TPSA) is 182 Å². The van der Waals surface area contributed by atoms with Crippen LogP contribution in [0.5, 0.6) is 11.5 Å².